The average molecular weight is 242 g/mol. The van der Waals surface area contributed by atoms with Crippen molar-refractivity contribution in [3.8, 4) is 5.75 Å². The summed E-state index contributed by atoms with van der Waals surface area (Å²) in [6, 6.07) is 6.86. The van der Waals surface area contributed by atoms with Crippen molar-refractivity contribution in [2.24, 2.45) is 0 Å². The first-order valence-corrected chi connectivity index (χ1v) is 5.12. The van der Waals surface area contributed by atoms with Crippen LogP contribution in [-0.2, 0) is 4.79 Å². The Hall–Kier alpha value is -1.55. The number of hydrogen-bond acceptors (Lipinski definition) is 3. The Balaban J connectivity index is 2.62. The molecule has 0 fully saturated rings. The molecule has 0 unspecified atom stereocenters. The largest absolute Gasteiger partial charge is 0.496 e. The van der Waals surface area contributed by atoms with E-state index in [-0.39, 0.29) is 18.9 Å². The van der Waals surface area contributed by atoms with Gasteiger partial charge in [0.1, 0.15) is 5.75 Å². The molecule has 0 radical (unpaired) electrons. The predicted molar refractivity (Wildman–Crippen MR) is 60.8 cm³/mol. The van der Waals surface area contributed by atoms with Crippen molar-refractivity contribution in [2.75, 3.05) is 13.7 Å². The van der Waals surface area contributed by atoms with Crippen molar-refractivity contribution in [2.45, 2.75) is 6.42 Å². The highest BCUT2D eigenvalue weighted by molar-refractivity contribution is 6.63. The molecule has 0 spiro atoms. The molecule has 16 heavy (non-hydrogen) atoms. The van der Waals surface area contributed by atoms with E-state index in [0.29, 0.717) is 11.3 Å². The van der Waals surface area contributed by atoms with Crippen LogP contribution in [0.5, 0.6) is 5.75 Å². The standard InChI is InChI=1S/C11H12ClNO3/c1-16-9-5-3-2-4-8(9)11(15)13-7-6-10(12)14/h2-5H,6-7H2,1H3,(H,13,15). The molecule has 0 aliphatic rings. The van der Waals surface area contributed by atoms with Crippen LogP contribution in [0.4, 0.5) is 0 Å². The molecular weight excluding hydrogens is 230 g/mol. The number of halogens is 1. The third-order valence-electron chi connectivity index (χ3n) is 1.96. The minimum atomic E-state index is -0.472. The summed E-state index contributed by atoms with van der Waals surface area (Å²) in [6.45, 7) is 0.221. The number of benzene rings is 1. The molecule has 0 bridgehead atoms. The smallest absolute Gasteiger partial charge is 0.255 e. The van der Waals surface area contributed by atoms with Gasteiger partial charge in [-0.25, -0.2) is 0 Å². The molecular formula is C11H12ClNO3. The Morgan fingerprint density at radius 3 is 2.69 bits per heavy atom. The third-order valence-corrected chi connectivity index (χ3v) is 2.15. The molecule has 1 rings (SSSR count). The number of amides is 1. The quantitative estimate of drug-likeness (QED) is 0.797. The first kappa shape index (κ1) is 12.5. The zero-order valence-corrected chi connectivity index (χ0v) is 9.58. The van der Waals surface area contributed by atoms with Crippen molar-refractivity contribution >= 4 is 22.8 Å². The predicted octanol–water partition coefficient (Wildman–Crippen LogP) is 1.58. The molecule has 0 saturated heterocycles. The van der Waals surface area contributed by atoms with Gasteiger partial charge in [-0.1, -0.05) is 12.1 Å². The van der Waals surface area contributed by atoms with Gasteiger partial charge < -0.3 is 10.1 Å². The molecule has 0 atom stereocenters. The first-order valence-electron chi connectivity index (χ1n) is 4.74. The molecule has 0 saturated carbocycles. The number of carbonyl (C=O) groups is 2. The van der Waals surface area contributed by atoms with E-state index in [2.05, 4.69) is 5.32 Å². The molecule has 1 amide bonds. The number of nitrogens with one attached hydrogen (secondary N) is 1. The van der Waals surface area contributed by atoms with Crippen molar-refractivity contribution in [3.05, 3.63) is 29.8 Å². The van der Waals surface area contributed by atoms with Gasteiger partial charge in [-0.15, -0.1) is 0 Å². The van der Waals surface area contributed by atoms with Crippen molar-refractivity contribution < 1.29 is 14.3 Å². The zero-order valence-electron chi connectivity index (χ0n) is 8.83. The van der Waals surface area contributed by atoms with Crippen LogP contribution in [0.3, 0.4) is 0 Å². The van der Waals surface area contributed by atoms with E-state index in [9.17, 15) is 9.59 Å². The molecule has 0 aromatic heterocycles. The van der Waals surface area contributed by atoms with Gasteiger partial charge in [0.25, 0.3) is 5.91 Å². The van der Waals surface area contributed by atoms with Gasteiger partial charge in [0.05, 0.1) is 12.7 Å². The molecule has 1 aromatic rings. The normalized spacial score (nSPS) is 9.62. The first-order chi connectivity index (χ1) is 7.65. The van der Waals surface area contributed by atoms with Gasteiger partial charge in [-0.05, 0) is 23.7 Å². The van der Waals surface area contributed by atoms with Crippen LogP contribution in [0.25, 0.3) is 0 Å². The minimum Gasteiger partial charge on any atom is -0.496 e. The molecule has 0 heterocycles. The van der Waals surface area contributed by atoms with Crippen molar-refractivity contribution in [3.63, 3.8) is 0 Å². The summed E-state index contributed by atoms with van der Waals surface area (Å²) >= 11 is 5.15. The maximum absolute atomic E-state index is 11.7. The second-order valence-electron chi connectivity index (χ2n) is 3.06. The summed E-state index contributed by atoms with van der Waals surface area (Å²) in [7, 11) is 1.49. The molecule has 86 valence electrons. The highest BCUT2D eigenvalue weighted by Gasteiger charge is 2.10. The lowest BCUT2D eigenvalue weighted by Gasteiger charge is -2.07. The molecule has 4 nitrogen and oxygen atoms in total. The van der Waals surface area contributed by atoms with Gasteiger partial charge in [-0.3, -0.25) is 9.59 Å². The summed E-state index contributed by atoms with van der Waals surface area (Å²) in [5, 5.41) is 2.11. The fourth-order valence-electron chi connectivity index (χ4n) is 1.20. The van der Waals surface area contributed by atoms with E-state index in [1.165, 1.54) is 7.11 Å². The summed E-state index contributed by atoms with van der Waals surface area (Å²) in [4.78, 5) is 22.1. The maximum atomic E-state index is 11.7. The Bertz CT molecular complexity index is 393. The fourth-order valence-corrected chi connectivity index (χ4v) is 1.30. The Kier molecular flexibility index (Phi) is 4.79. The number of rotatable bonds is 5. The van der Waals surface area contributed by atoms with Gasteiger partial charge in [0.2, 0.25) is 5.24 Å². The maximum Gasteiger partial charge on any atom is 0.255 e. The summed E-state index contributed by atoms with van der Waals surface area (Å²) in [5.41, 5.74) is 0.437. The third kappa shape index (κ3) is 3.55. The lowest BCUT2D eigenvalue weighted by Crippen LogP contribution is -2.25. The van der Waals surface area contributed by atoms with Gasteiger partial charge in [0, 0.05) is 13.0 Å². The lowest BCUT2D eigenvalue weighted by molar-refractivity contribution is -0.111. The lowest BCUT2D eigenvalue weighted by atomic mass is 10.2. The number of methoxy groups -OCH3 is 1. The van der Waals surface area contributed by atoms with Crippen molar-refractivity contribution in [1.29, 1.82) is 0 Å². The molecule has 0 aliphatic heterocycles. The highest BCUT2D eigenvalue weighted by Crippen LogP contribution is 2.16. The van der Waals surface area contributed by atoms with Crippen LogP contribution < -0.4 is 10.1 Å². The van der Waals surface area contributed by atoms with Crippen LogP contribution >= 0.6 is 11.6 Å². The molecule has 5 heteroatoms. The van der Waals surface area contributed by atoms with Crippen LogP contribution in [-0.4, -0.2) is 24.8 Å². The van der Waals surface area contributed by atoms with Crippen LogP contribution in [0.1, 0.15) is 16.8 Å². The average Bonchev–Trinajstić information content (AvgIpc) is 2.28. The van der Waals surface area contributed by atoms with Crippen LogP contribution in [0, 0.1) is 0 Å². The topological polar surface area (TPSA) is 55.4 Å². The van der Waals surface area contributed by atoms with Gasteiger partial charge >= 0.3 is 0 Å². The minimum absolute atomic E-state index is 0.114. The SMILES string of the molecule is COc1ccccc1C(=O)NCCC(=O)Cl. The van der Waals surface area contributed by atoms with E-state index >= 15 is 0 Å². The van der Waals surface area contributed by atoms with E-state index in [0.717, 1.165) is 0 Å². The molecule has 1 N–H and O–H groups in total. The second-order valence-corrected chi connectivity index (χ2v) is 3.48. The second kappa shape index (κ2) is 6.12. The summed E-state index contributed by atoms with van der Waals surface area (Å²) in [6.07, 6.45) is 0.114. The fraction of sp³-hybridized carbons (Fsp3) is 0.273. The molecule has 1 aromatic carbocycles. The number of para-hydroxylation sites is 1. The van der Waals surface area contributed by atoms with E-state index in [1.54, 1.807) is 24.3 Å². The van der Waals surface area contributed by atoms with Gasteiger partial charge in [0.15, 0.2) is 0 Å². The highest BCUT2D eigenvalue weighted by atomic mass is 35.5. The summed E-state index contributed by atoms with van der Waals surface area (Å²) < 4.78 is 5.04. The van der Waals surface area contributed by atoms with E-state index in [1.807, 2.05) is 0 Å². The van der Waals surface area contributed by atoms with E-state index in [4.69, 9.17) is 16.3 Å². The Morgan fingerprint density at radius 2 is 2.06 bits per heavy atom. The van der Waals surface area contributed by atoms with E-state index < -0.39 is 5.24 Å². The van der Waals surface area contributed by atoms with Crippen LogP contribution in [0.15, 0.2) is 24.3 Å². The van der Waals surface area contributed by atoms with Crippen LogP contribution in [0.2, 0.25) is 0 Å². The number of carbonyl (C=O) groups excluding carboxylic acids is 2. The zero-order chi connectivity index (χ0) is 12.0. The summed E-state index contributed by atoms with van der Waals surface area (Å²) in [5.74, 6) is 0.215. The number of hydrogen-bond donors (Lipinski definition) is 1. The Labute approximate surface area is 98.5 Å². The van der Waals surface area contributed by atoms with Gasteiger partial charge in [-0.2, -0.15) is 0 Å². The number of ether oxygens (including phenoxy) is 1. The monoisotopic (exact) mass is 241 g/mol. The Morgan fingerprint density at radius 1 is 1.38 bits per heavy atom. The molecule has 0 aliphatic carbocycles. The van der Waals surface area contributed by atoms with Crippen molar-refractivity contribution in [1.82, 2.24) is 5.32 Å².